The standard InChI is InChI=1S/C26H33IO3/c1-25-12-10-19(30-24(29)16-4-3-5-18(27)14-16)15-17(25)6-7-20-21-8-9-23(28)26(21,2)13-11-22(20)25/h3-5,14,17,19-22H,6-13,15H2,1-2H3. The fourth-order valence-corrected chi connectivity index (χ4v) is 8.47. The topological polar surface area (TPSA) is 43.4 Å². The molecule has 0 spiro atoms. The number of ketones is 1. The van der Waals surface area contributed by atoms with Crippen LogP contribution in [-0.2, 0) is 9.53 Å². The lowest BCUT2D eigenvalue weighted by Gasteiger charge is -2.60. The molecule has 4 heteroatoms. The van der Waals surface area contributed by atoms with Gasteiger partial charge in [0.25, 0.3) is 0 Å². The summed E-state index contributed by atoms with van der Waals surface area (Å²) < 4.78 is 7.04. The van der Waals surface area contributed by atoms with E-state index in [-0.39, 0.29) is 17.5 Å². The summed E-state index contributed by atoms with van der Waals surface area (Å²) in [5.74, 6) is 3.08. The van der Waals surface area contributed by atoms with E-state index in [4.69, 9.17) is 4.74 Å². The maximum absolute atomic E-state index is 12.7. The Morgan fingerprint density at radius 3 is 2.70 bits per heavy atom. The zero-order chi connectivity index (χ0) is 21.1. The molecule has 0 amide bonds. The van der Waals surface area contributed by atoms with E-state index in [0.717, 1.165) is 53.9 Å². The van der Waals surface area contributed by atoms with Gasteiger partial charge in [-0.2, -0.15) is 0 Å². The van der Waals surface area contributed by atoms with Gasteiger partial charge in [0.1, 0.15) is 11.9 Å². The Hall–Kier alpha value is -0.910. The number of halogens is 1. The Morgan fingerprint density at radius 2 is 1.90 bits per heavy atom. The van der Waals surface area contributed by atoms with Crippen LogP contribution in [0.15, 0.2) is 24.3 Å². The second-order valence-electron chi connectivity index (χ2n) is 10.9. The average molecular weight is 520 g/mol. The molecule has 1 aromatic carbocycles. The monoisotopic (exact) mass is 520 g/mol. The number of benzene rings is 1. The van der Waals surface area contributed by atoms with E-state index >= 15 is 0 Å². The van der Waals surface area contributed by atoms with Crippen LogP contribution in [0.1, 0.15) is 82.0 Å². The van der Waals surface area contributed by atoms with Gasteiger partial charge in [0.05, 0.1) is 5.56 Å². The normalized spacial score (nSPS) is 42.8. The molecule has 0 heterocycles. The van der Waals surface area contributed by atoms with Crippen molar-refractivity contribution in [3.8, 4) is 0 Å². The van der Waals surface area contributed by atoms with Gasteiger partial charge < -0.3 is 4.74 Å². The van der Waals surface area contributed by atoms with Crippen LogP contribution < -0.4 is 0 Å². The van der Waals surface area contributed by atoms with Crippen LogP contribution in [0.2, 0.25) is 0 Å². The van der Waals surface area contributed by atoms with E-state index in [2.05, 4.69) is 36.4 Å². The molecule has 0 aliphatic heterocycles. The molecule has 4 aliphatic rings. The summed E-state index contributed by atoms with van der Waals surface area (Å²) in [6.07, 6.45) is 9.91. The molecule has 0 bridgehead atoms. The van der Waals surface area contributed by atoms with Gasteiger partial charge in [-0.1, -0.05) is 19.9 Å². The minimum atomic E-state index is -0.172. The summed E-state index contributed by atoms with van der Waals surface area (Å²) >= 11 is 2.24. The van der Waals surface area contributed by atoms with Crippen molar-refractivity contribution < 1.29 is 14.3 Å². The molecule has 7 unspecified atom stereocenters. The lowest BCUT2D eigenvalue weighted by atomic mass is 9.45. The number of Topliss-reactive ketones (excluding diaryl/α,β-unsaturated/α-hetero) is 1. The van der Waals surface area contributed by atoms with E-state index in [1.165, 1.54) is 19.3 Å². The van der Waals surface area contributed by atoms with Crippen molar-refractivity contribution in [3.63, 3.8) is 0 Å². The minimum absolute atomic E-state index is 0.0374. The van der Waals surface area contributed by atoms with Crippen LogP contribution in [0.3, 0.4) is 0 Å². The van der Waals surface area contributed by atoms with Gasteiger partial charge in [0.15, 0.2) is 0 Å². The van der Waals surface area contributed by atoms with Crippen molar-refractivity contribution in [2.45, 2.75) is 77.7 Å². The van der Waals surface area contributed by atoms with Crippen molar-refractivity contribution in [3.05, 3.63) is 33.4 Å². The van der Waals surface area contributed by atoms with E-state index in [9.17, 15) is 9.59 Å². The van der Waals surface area contributed by atoms with Crippen LogP contribution in [0.5, 0.6) is 0 Å². The summed E-state index contributed by atoms with van der Waals surface area (Å²) in [6, 6.07) is 7.67. The number of carbonyl (C=O) groups excluding carboxylic acids is 2. The maximum Gasteiger partial charge on any atom is 0.338 e. The number of fused-ring (bicyclic) bond motifs is 5. The highest BCUT2D eigenvalue weighted by atomic mass is 127. The molecule has 0 N–H and O–H groups in total. The van der Waals surface area contributed by atoms with Gasteiger partial charge in [-0.3, -0.25) is 4.79 Å². The van der Waals surface area contributed by atoms with Crippen LogP contribution >= 0.6 is 22.6 Å². The molecular formula is C26H33IO3. The zero-order valence-corrected chi connectivity index (χ0v) is 20.3. The van der Waals surface area contributed by atoms with Crippen molar-refractivity contribution in [1.29, 1.82) is 0 Å². The maximum atomic E-state index is 12.7. The molecule has 5 rings (SSSR count). The van der Waals surface area contributed by atoms with Crippen LogP contribution in [-0.4, -0.2) is 17.9 Å². The second-order valence-corrected chi connectivity index (χ2v) is 12.1. The fraction of sp³-hybridized carbons (Fsp3) is 0.692. The highest BCUT2D eigenvalue weighted by Crippen LogP contribution is 2.65. The van der Waals surface area contributed by atoms with Gasteiger partial charge in [0, 0.05) is 15.4 Å². The average Bonchev–Trinajstić information content (AvgIpc) is 3.03. The first-order chi connectivity index (χ1) is 14.3. The van der Waals surface area contributed by atoms with E-state index in [0.29, 0.717) is 28.6 Å². The van der Waals surface area contributed by atoms with Crippen LogP contribution in [0.25, 0.3) is 0 Å². The molecule has 30 heavy (non-hydrogen) atoms. The summed E-state index contributed by atoms with van der Waals surface area (Å²) in [5.41, 5.74) is 0.974. The van der Waals surface area contributed by atoms with Crippen molar-refractivity contribution in [2.24, 2.45) is 34.5 Å². The third kappa shape index (κ3) is 3.27. The number of ether oxygens (including phenoxy) is 1. The third-order valence-electron chi connectivity index (χ3n) is 9.66. The highest BCUT2D eigenvalue weighted by Gasteiger charge is 2.60. The Bertz CT molecular complexity index is 866. The van der Waals surface area contributed by atoms with E-state index in [1.54, 1.807) is 0 Å². The summed E-state index contributed by atoms with van der Waals surface area (Å²) in [4.78, 5) is 25.3. The smallest absolute Gasteiger partial charge is 0.338 e. The molecular weight excluding hydrogens is 487 g/mol. The second kappa shape index (κ2) is 7.60. The molecule has 1 aromatic rings. The Kier molecular flexibility index (Phi) is 5.31. The SMILES string of the molecule is CC12CCC3C(CCC4CC(OC(=O)c5cccc(I)c5)CCC43C)C1CCC2=O. The summed E-state index contributed by atoms with van der Waals surface area (Å²) in [7, 11) is 0. The Labute approximate surface area is 193 Å². The van der Waals surface area contributed by atoms with E-state index < -0.39 is 0 Å². The van der Waals surface area contributed by atoms with Crippen molar-refractivity contribution in [1.82, 2.24) is 0 Å². The minimum Gasteiger partial charge on any atom is -0.459 e. The third-order valence-corrected chi connectivity index (χ3v) is 10.3. The van der Waals surface area contributed by atoms with Gasteiger partial charge in [-0.25, -0.2) is 4.79 Å². The van der Waals surface area contributed by atoms with Crippen molar-refractivity contribution >= 4 is 34.3 Å². The molecule has 162 valence electrons. The quantitative estimate of drug-likeness (QED) is 0.334. The number of hydrogen-bond acceptors (Lipinski definition) is 3. The van der Waals surface area contributed by atoms with Crippen LogP contribution in [0.4, 0.5) is 0 Å². The molecule has 4 saturated carbocycles. The number of hydrogen-bond donors (Lipinski definition) is 0. The first-order valence-electron chi connectivity index (χ1n) is 11.8. The van der Waals surface area contributed by atoms with Crippen LogP contribution in [0, 0.1) is 38.1 Å². The summed E-state index contributed by atoms with van der Waals surface area (Å²) in [5, 5.41) is 0. The lowest BCUT2D eigenvalue weighted by Crippen LogP contribution is -2.54. The first-order valence-corrected chi connectivity index (χ1v) is 12.9. The first kappa shape index (κ1) is 21.0. The molecule has 4 fully saturated rings. The number of esters is 1. The van der Waals surface area contributed by atoms with Gasteiger partial charge >= 0.3 is 5.97 Å². The number of rotatable bonds is 2. The highest BCUT2D eigenvalue weighted by molar-refractivity contribution is 14.1. The van der Waals surface area contributed by atoms with E-state index in [1.807, 2.05) is 24.3 Å². The Balaban J connectivity index is 1.28. The fourth-order valence-electron chi connectivity index (χ4n) is 7.93. The van der Waals surface area contributed by atoms with Gasteiger partial charge in [-0.15, -0.1) is 0 Å². The van der Waals surface area contributed by atoms with Crippen molar-refractivity contribution in [2.75, 3.05) is 0 Å². The number of carbonyl (C=O) groups is 2. The van der Waals surface area contributed by atoms with Gasteiger partial charge in [0.2, 0.25) is 0 Å². The predicted molar refractivity (Wildman–Crippen MR) is 125 cm³/mol. The Morgan fingerprint density at radius 1 is 1.07 bits per heavy atom. The predicted octanol–water partition coefficient (Wildman–Crippen LogP) is 6.43. The molecule has 0 radical (unpaired) electrons. The molecule has 0 aromatic heterocycles. The largest absolute Gasteiger partial charge is 0.459 e. The van der Waals surface area contributed by atoms with Gasteiger partial charge in [-0.05, 0) is 121 Å². The lowest BCUT2D eigenvalue weighted by molar-refractivity contribution is -0.142. The summed E-state index contributed by atoms with van der Waals surface area (Å²) in [6.45, 7) is 4.78. The zero-order valence-electron chi connectivity index (χ0n) is 18.2. The molecule has 3 nitrogen and oxygen atoms in total. The molecule has 0 saturated heterocycles. The molecule has 4 aliphatic carbocycles. The molecule has 7 atom stereocenters.